The number of ether oxygens (including phenoxy) is 2. The SMILES string of the molecule is COc1cc(C(=O)NCC2(O)CCOCC2)ccc1F. The van der Waals surface area contributed by atoms with E-state index in [4.69, 9.17) is 9.47 Å². The molecule has 0 atom stereocenters. The lowest BCUT2D eigenvalue weighted by Gasteiger charge is -2.32. The summed E-state index contributed by atoms with van der Waals surface area (Å²) in [4.78, 5) is 12.0. The van der Waals surface area contributed by atoms with Crippen molar-refractivity contribution in [2.75, 3.05) is 26.9 Å². The van der Waals surface area contributed by atoms with E-state index in [0.717, 1.165) is 0 Å². The van der Waals surface area contributed by atoms with Crippen LogP contribution in [-0.4, -0.2) is 43.5 Å². The third-order valence-corrected chi connectivity index (χ3v) is 3.41. The summed E-state index contributed by atoms with van der Waals surface area (Å²) in [6.45, 7) is 1.11. The van der Waals surface area contributed by atoms with E-state index < -0.39 is 11.4 Å². The van der Waals surface area contributed by atoms with Gasteiger partial charge in [-0.15, -0.1) is 0 Å². The van der Waals surface area contributed by atoms with E-state index in [1.165, 1.54) is 25.3 Å². The first-order valence-electron chi connectivity index (χ1n) is 6.46. The molecule has 0 bridgehead atoms. The predicted molar refractivity (Wildman–Crippen MR) is 70.3 cm³/mol. The van der Waals surface area contributed by atoms with Gasteiger partial charge in [0.2, 0.25) is 0 Å². The Bertz CT molecular complexity index is 486. The maximum absolute atomic E-state index is 13.3. The second-order valence-corrected chi connectivity index (χ2v) is 4.87. The van der Waals surface area contributed by atoms with Crippen LogP contribution in [-0.2, 0) is 4.74 Å². The molecule has 0 aliphatic carbocycles. The number of hydrogen-bond donors (Lipinski definition) is 2. The number of carbonyl (C=O) groups excluding carboxylic acids is 1. The predicted octanol–water partition coefficient (Wildman–Crippen LogP) is 1.11. The zero-order valence-corrected chi connectivity index (χ0v) is 11.3. The molecule has 6 heteroatoms. The van der Waals surface area contributed by atoms with Crippen LogP contribution in [0.1, 0.15) is 23.2 Å². The largest absolute Gasteiger partial charge is 0.494 e. The molecule has 1 aliphatic rings. The fourth-order valence-electron chi connectivity index (χ4n) is 2.08. The Morgan fingerprint density at radius 2 is 2.20 bits per heavy atom. The minimum Gasteiger partial charge on any atom is -0.494 e. The Morgan fingerprint density at radius 1 is 1.50 bits per heavy atom. The van der Waals surface area contributed by atoms with Crippen molar-refractivity contribution in [3.05, 3.63) is 29.6 Å². The summed E-state index contributed by atoms with van der Waals surface area (Å²) in [6.07, 6.45) is 0.972. The number of nitrogens with one attached hydrogen (secondary N) is 1. The molecule has 20 heavy (non-hydrogen) atoms. The minimum absolute atomic E-state index is 0.0161. The van der Waals surface area contributed by atoms with Crippen LogP contribution in [0, 0.1) is 5.82 Å². The maximum Gasteiger partial charge on any atom is 0.251 e. The average molecular weight is 283 g/mol. The van der Waals surface area contributed by atoms with Crippen molar-refractivity contribution in [3.8, 4) is 5.75 Å². The first kappa shape index (κ1) is 14.7. The van der Waals surface area contributed by atoms with Crippen molar-refractivity contribution < 1.29 is 23.8 Å². The van der Waals surface area contributed by atoms with Gasteiger partial charge in [-0.25, -0.2) is 4.39 Å². The summed E-state index contributed by atoms with van der Waals surface area (Å²) in [5, 5.41) is 12.9. The van der Waals surface area contributed by atoms with Crippen LogP contribution >= 0.6 is 0 Å². The fourth-order valence-corrected chi connectivity index (χ4v) is 2.08. The molecule has 0 unspecified atom stereocenters. The minimum atomic E-state index is -0.933. The van der Waals surface area contributed by atoms with Crippen molar-refractivity contribution in [3.63, 3.8) is 0 Å². The second kappa shape index (κ2) is 6.19. The summed E-state index contributed by atoms with van der Waals surface area (Å²) in [5.74, 6) is -0.877. The van der Waals surface area contributed by atoms with Crippen molar-refractivity contribution in [2.24, 2.45) is 0 Å². The number of methoxy groups -OCH3 is 1. The molecular weight excluding hydrogens is 265 g/mol. The third-order valence-electron chi connectivity index (χ3n) is 3.41. The van der Waals surface area contributed by atoms with Gasteiger partial charge in [0.05, 0.1) is 12.7 Å². The molecule has 1 saturated heterocycles. The smallest absolute Gasteiger partial charge is 0.251 e. The summed E-state index contributed by atoms with van der Waals surface area (Å²) < 4.78 is 23.3. The van der Waals surface area contributed by atoms with Crippen molar-refractivity contribution >= 4 is 5.91 Å². The zero-order chi connectivity index (χ0) is 14.6. The number of halogens is 1. The Kier molecular flexibility index (Phi) is 4.57. The van der Waals surface area contributed by atoms with Crippen molar-refractivity contribution in [1.82, 2.24) is 5.32 Å². The van der Waals surface area contributed by atoms with Crippen LogP contribution in [0.4, 0.5) is 4.39 Å². The number of carbonyl (C=O) groups is 1. The fraction of sp³-hybridized carbons (Fsp3) is 0.500. The molecule has 1 aliphatic heterocycles. The molecule has 0 saturated carbocycles. The number of benzene rings is 1. The zero-order valence-electron chi connectivity index (χ0n) is 11.3. The number of amides is 1. The third kappa shape index (κ3) is 3.46. The summed E-state index contributed by atoms with van der Waals surface area (Å²) in [5.41, 5.74) is -0.642. The molecule has 2 rings (SSSR count). The highest BCUT2D eigenvalue weighted by Crippen LogP contribution is 2.20. The van der Waals surface area contributed by atoms with Gasteiger partial charge in [-0.2, -0.15) is 0 Å². The van der Waals surface area contributed by atoms with Crippen LogP contribution in [0.15, 0.2) is 18.2 Å². The Balaban J connectivity index is 1.98. The number of aliphatic hydroxyl groups is 1. The van der Waals surface area contributed by atoms with Crippen LogP contribution in [0.2, 0.25) is 0 Å². The molecule has 1 heterocycles. The van der Waals surface area contributed by atoms with E-state index in [1.807, 2.05) is 0 Å². The number of rotatable bonds is 4. The highest BCUT2D eigenvalue weighted by molar-refractivity contribution is 5.94. The van der Waals surface area contributed by atoms with E-state index in [0.29, 0.717) is 31.6 Å². The standard InChI is InChI=1S/C14H18FNO4/c1-19-12-8-10(2-3-11(12)15)13(17)16-9-14(18)4-6-20-7-5-14/h2-3,8,18H,4-7,9H2,1H3,(H,16,17). The molecule has 1 aromatic rings. The molecule has 0 aromatic heterocycles. The van der Waals surface area contributed by atoms with E-state index >= 15 is 0 Å². The van der Waals surface area contributed by atoms with Crippen molar-refractivity contribution in [1.29, 1.82) is 0 Å². The molecule has 0 radical (unpaired) electrons. The lowest BCUT2D eigenvalue weighted by atomic mass is 9.94. The number of hydrogen-bond acceptors (Lipinski definition) is 4. The highest BCUT2D eigenvalue weighted by atomic mass is 19.1. The molecule has 0 spiro atoms. The molecule has 2 N–H and O–H groups in total. The van der Waals surface area contributed by atoms with Crippen molar-refractivity contribution in [2.45, 2.75) is 18.4 Å². The van der Waals surface area contributed by atoms with Crippen LogP contribution < -0.4 is 10.1 Å². The van der Waals surface area contributed by atoms with Gasteiger partial charge < -0.3 is 19.9 Å². The maximum atomic E-state index is 13.3. The summed E-state index contributed by atoms with van der Waals surface area (Å²) >= 11 is 0. The summed E-state index contributed by atoms with van der Waals surface area (Å²) in [7, 11) is 1.34. The summed E-state index contributed by atoms with van der Waals surface area (Å²) in [6, 6.07) is 3.89. The molecule has 110 valence electrons. The van der Waals surface area contributed by atoms with E-state index in [9.17, 15) is 14.3 Å². The first-order valence-corrected chi connectivity index (χ1v) is 6.46. The Labute approximate surface area is 116 Å². The monoisotopic (exact) mass is 283 g/mol. The molecular formula is C14H18FNO4. The van der Waals surface area contributed by atoms with Crippen LogP contribution in [0.3, 0.4) is 0 Å². The lowest BCUT2D eigenvalue weighted by Crippen LogP contribution is -2.46. The molecule has 1 aromatic carbocycles. The molecule has 1 amide bonds. The average Bonchev–Trinajstić information content (AvgIpc) is 2.46. The van der Waals surface area contributed by atoms with Gasteiger partial charge in [0.25, 0.3) is 5.91 Å². The van der Waals surface area contributed by atoms with Crippen LogP contribution in [0.25, 0.3) is 0 Å². The molecule has 1 fully saturated rings. The second-order valence-electron chi connectivity index (χ2n) is 4.87. The van der Waals surface area contributed by atoms with Gasteiger partial charge >= 0.3 is 0 Å². The van der Waals surface area contributed by atoms with Gasteiger partial charge in [0.15, 0.2) is 11.6 Å². The lowest BCUT2D eigenvalue weighted by molar-refractivity contribution is -0.0605. The van der Waals surface area contributed by atoms with Gasteiger partial charge in [0.1, 0.15) is 0 Å². The molecule has 5 nitrogen and oxygen atoms in total. The first-order chi connectivity index (χ1) is 9.54. The topological polar surface area (TPSA) is 67.8 Å². The van der Waals surface area contributed by atoms with Crippen LogP contribution in [0.5, 0.6) is 5.75 Å². The normalized spacial score (nSPS) is 17.6. The quantitative estimate of drug-likeness (QED) is 0.868. The Hall–Kier alpha value is -1.66. The van der Waals surface area contributed by atoms with E-state index in [1.54, 1.807) is 0 Å². The Morgan fingerprint density at radius 3 is 2.85 bits per heavy atom. The van der Waals surface area contributed by atoms with E-state index in [2.05, 4.69) is 5.32 Å². The van der Waals surface area contributed by atoms with Gasteiger partial charge in [0, 0.05) is 38.2 Å². The van der Waals surface area contributed by atoms with Gasteiger partial charge in [-0.05, 0) is 18.2 Å². The van der Waals surface area contributed by atoms with E-state index in [-0.39, 0.29) is 18.2 Å². The van der Waals surface area contributed by atoms with Gasteiger partial charge in [-0.1, -0.05) is 0 Å². The highest BCUT2D eigenvalue weighted by Gasteiger charge is 2.30. The van der Waals surface area contributed by atoms with Gasteiger partial charge in [-0.3, -0.25) is 4.79 Å².